The molecule has 0 saturated heterocycles. The van der Waals surface area contributed by atoms with Gasteiger partial charge in [-0.3, -0.25) is 0 Å². The number of alkyl carbamates (subject to hydrolysis) is 1. The lowest BCUT2D eigenvalue weighted by Gasteiger charge is -2.33. The quantitative estimate of drug-likeness (QED) is 0.468. The van der Waals surface area contributed by atoms with Gasteiger partial charge in [0.05, 0.1) is 42.7 Å². The van der Waals surface area contributed by atoms with Crippen LogP contribution in [0.4, 0.5) is 13.6 Å². The van der Waals surface area contributed by atoms with Gasteiger partial charge in [0.15, 0.2) is 5.65 Å². The maximum absolute atomic E-state index is 13.9. The number of aromatic nitrogens is 3. The minimum Gasteiger partial charge on any atom is -0.598 e. The average Bonchev–Trinajstić information content (AvgIpc) is 3.18. The Morgan fingerprint density at radius 2 is 1.97 bits per heavy atom. The fourth-order valence-electron chi connectivity index (χ4n) is 4.14. The molecule has 0 unspecified atom stereocenters. The number of rotatable bonds is 7. The number of fused-ring (bicyclic) bond motifs is 1. The van der Waals surface area contributed by atoms with Crippen LogP contribution in [0, 0.1) is 17.2 Å². The van der Waals surface area contributed by atoms with Crippen LogP contribution in [0.5, 0.6) is 0 Å². The predicted molar refractivity (Wildman–Crippen MR) is 136 cm³/mol. The van der Waals surface area contributed by atoms with Gasteiger partial charge in [0.1, 0.15) is 10.3 Å². The number of nitriles is 1. The van der Waals surface area contributed by atoms with E-state index in [2.05, 4.69) is 26.2 Å². The van der Waals surface area contributed by atoms with Crippen molar-refractivity contribution >= 4 is 23.1 Å². The summed E-state index contributed by atoms with van der Waals surface area (Å²) in [6, 6.07) is 2.68. The van der Waals surface area contributed by atoms with Gasteiger partial charge in [-0.2, -0.15) is 10.4 Å². The van der Waals surface area contributed by atoms with Crippen molar-refractivity contribution in [1.29, 1.82) is 5.26 Å². The molecule has 1 aliphatic rings. The molecule has 3 atom stereocenters. The van der Waals surface area contributed by atoms with Crippen molar-refractivity contribution in [3.05, 3.63) is 29.7 Å². The number of imidazole rings is 1. The number of ether oxygens (including phenoxy) is 1. The van der Waals surface area contributed by atoms with Crippen LogP contribution in [0.3, 0.4) is 0 Å². The van der Waals surface area contributed by atoms with E-state index in [1.54, 1.807) is 39.2 Å². The van der Waals surface area contributed by atoms with E-state index in [0.29, 0.717) is 16.9 Å². The summed E-state index contributed by atoms with van der Waals surface area (Å²) >= 11 is -1.41. The van der Waals surface area contributed by atoms with Crippen molar-refractivity contribution in [2.75, 3.05) is 0 Å². The molecule has 2 aromatic rings. The van der Waals surface area contributed by atoms with Gasteiger partial charge in [-0.05, 0) is 71.9 Å². The van der Waals surface area contributed by atoms with Crippen molar-refractivity contribution < 1.29 is 22.9 Å². The third kappa shape index (κ3) is 7.99. The van der Waals surface area contributed by atoms with E-state index in [0.717, 1.165) is 0 Å². The number of nitrogens with zero attached hydrogens (tertiary/aromatic N) is 4. The Morgan fingerprint density at radius 1 is 1.32 bits per heavy atom. The van der Waals surface area contributed by atoms with Crippen LogP contribution >= 0.6 is 0 Å². The van der Waals surface area contributed by atoms with Gasteiger partial charge in [0.25, 0.3) is 0 Å². The average molecular weight is 539 g/mol. The van der Waals surface area contributed by atoms with E-state index < -0.39 is 45.8 Å². The number of hydrogen-bond donors (Lipinski definition) is 2. The first-order valence-corrected chi connectivity index (χ1v) is 13.5. The summed E-state index contributed by atoms with van der Waals surface area (Å²) in [6.07, 6.45) is 2.60. The van der Waals surface area contributed by atoms with E-state index in [1.165, 1.54) is 4.52 Å². The first kappa shape index (κ1) is 29.1. The molecular formula is C25H36F2N6O3S. The molecule has 0 aliphatic heterocycles. The fraction of sp³-hybridized carbons (Fsp3) is 0.680. The van der Waals surface area contributed by atoms with Gasteiger partial charge in [0.2, 0.25) is 5.92 Å². The van der Waals surface area contributed by atoms with E-state index in [4.69, 9.17) is 4.74 Å². The van der Waals surface area contributed by atoms with Crippen LogP contribution in [0.2, 0.25) is 0 Å². The molecule has 0 radical (unpaired) electrons. The number of alkyl halides is 2. The number of amides is 1. The molecule has 12 heteroatoms. The third-order valence-electron chi connectivity index (χ3n) is 6.09. The molecule has 1 fully saturated rings. The summed E-state index contributed by atoms with van der Waals surface area (Å²) in [5.41, 5.74) is 0.849. The molecular weight excluding hydrogens is 502 g/mol. The second-order valence-corrected chi connectivity index (χ2v) is 13.5. The van der Waals surface area contributed by atoms with E-state index in [-0.39, 0.29) is 38.0 Å². The number of nitrogens with one attached hydrogen (secondary N) is 2. The highest BCUT2D eigenvalue weighted by molar-refractivity contribution is 7.90. The maximum atomic E-state index is 13.9. The third-order valence-corrected chi connectivity index (χ3v) is 7.70. The second-order valence-electron chi connectivity index (χ2n) is 11.5. The van der Waals surface area contributed by atoms with Gasteiger partial charge in [-0.25, -0.2) is 23.1 Å². The molecule has 2 N–H and O–H groups in total. The number of halogens is 2. The highest BCUT2D eigenvalue weighted by atomic mass is 32.2. The van der Waals surface area contributed by atoms with Crippen LogP contribution in [-0.4, -0.2) is 41.5 Å². The van der Waals surface area contributed by atoms with Crippen LogP contribution in [0.25, 0.3) is 5.65 Å². The summed E-state index contributed by atoms with van der Waals surface area (Å²) in [7, 11) is 0. The Morgan fingerprint density at radius 3 is 2.54 bits per heavy atom. The Bertz CT molecular complexity index is 1130. The highest BCUT2D eigenvalue weighted by Crippen LogP contribution is 2.41. The van der Waals surface area contributed by atoms with Gasteiger partial charge >= 0.3 is 6.09 Å². The first-order valence-electron chi connectivity index (χ1n) is 12.4. The Hall–Kier alpha value is -2.49. The van der Waals surface area contributed by atoms with Crippen LogP contribution in [0.1, 0.15) is 97.0 Å². The zero-order chi connectivity index (χ0) is 27.6. The Labute approximate surface area is 219 Å². The minimum absolute atomic E-state index is 0.0757. The van der Waals surface area contributed by atoms with E-state index in [9.17, 15) is 23.4 Å². The summed E-state index contributed by atoms with van der Waals surface area (Å²) in [6.45, 7) is 10.7. The zero-order valence-electron chi connectivity index (χ0n) is 22.2. The molecule has 1 amide bonds. The lowest BCUT2D eigenvalue weighted by atomic mass is 9.81. The van der Waals surface area contributed by atoms with Gasteiger partial charge < -0.3 is 14.6 Å². The summed E-state index contributed by atoms with van der Waals surface area (Å²) in [4.78, 5) is 17.3. The second kappa shape index (κ2) is 11.1. The standard InChI is InChI=1S/C25H36F2N6O3S/c1-23(2,3)36-22(34)31-21(16-7-10-25(26,27)11-8-16)19-15-33-20(30-19)13-17(14-29-33)18(9-12-28)32-37(35)24(4,5)6/h13-16,18,21,32H,7-11H2,1-6H3,(H,31,34)/t18-,21+,37+/m1/s1. The monoisotopic (exact) mass is 538 g/mol. The minimum atomic E-state index is -2.71. The van der Waals surface area contributed by atoms with Crippen molar-refractivity contribution in [2.45, 2.75) is 102 Å². The first-order chi connectivity index (χ1) is 17.1. The van der Waals surface area contributed by atoms with Crippen LogP contribution in [-0.2, 0) is 16.1 Å². The lowest BCUT2D eigenvalue weighted by Crippen LogP contribution is -2.41. The van der Waals surface area contributed by atoms with Gasteiger partial charge in [-0.1, -0.05) is 0 Å². The maximum Gasteiger partial charge on any atom is 0.408 e. The molecule has 2 heterocycles. The number of hydrogen-bond acceptors (Lipinski definition) is 7. The lowest BCUT2D eigenvalue weighted by molar-refractivity contribution is -0.0500. The van der Waals surface area contributed by atoms with Crippen molar-refractivity contribution in [2.24, 2.45) is 5.92 Å². The number of carbonyl (C=O) groups excluding carboxylic acids is 1. The molecule has 1 saturated carbocycles. The molecule has 0 bridgehead atoms. The molecule has 2 aromatic heterocycles. The van der Waals surface area contributed by atoms with E-state index in [1.807, 2.05) is 20.8 Å². The summed E-state index contributed by atoms with van der Waals surface area (Å²) in [5.74, 6) is -2.96. The Balaban J connectivity index is 1.91. The highest BCUT2D eigenvalue weighted by Gasteiger charge is 2.40. The molecule has 204 valence electrons. The van der Waals surface area contributed by atoms with Crippen LogP contribution in [0.15, 0.2) is 18.5 Å². The fourth-order valence-corrected chi connectivity index (χ4v) is 4.97. The molecule has 3 rings (SSSR count). The molecule has 0 aromatic carbocycles. The Kier molecular flexibility index (Phi) is 8.71. The van der Waals surface area contributed by atoms with Gasteiger partial charge in [-0.15, -0.1) is 4.72 Å². The number of carbonyl (C=O) groups is 1. The SMILES string of the molecule is CC(C)(C)OC(=O)N[C@H](c1cn2ncc([C@@H](CC#N)N[S@@+]([O-])C(C)(C)C)cc2n1)C1CCC(F)(F)CC1. The van der Waals surface area contributed by atoms with E-state index >= 15 is 0 Å². The van der Waals surface area contributed by atoms with Crippen LogP contribution < -0.4 is 10.0 Å². The zero-order valence-corrected chi connectivity index (χ0v) is 23.0. The van der Waals surface area contributed by atoms with Crippen molar-refractivity contribution in [3.8, 4) is 6.07 Å². The summed E-state index contributed by atoms with van der Waals surface area (Å²) < 4.78 is 49.8. The molecule has 0 spiro atoms. The molecule has 1 aliphatic carbocycles. The largest absolute Gasteiger partial charge is 0.598 e. The van der Waals surface area contributed by atoms with Gasteiger partial charge in [0, 0.05) is 24.2 Å². The molecule has 9 nitrogen and oxygen atoms in total. The predicted octanol–water partition coefficient (Wildman–Crippen LogP) is 5.13. The topological polar surface area (TPSA) is 127 Å². The summed E-state index contributed by atoms with van der Waals surface area (Å²) in [5, 5.41) is 16.6. The van der Waals surface area contributed by atoms with Crippen molar-refractivity contribution in [1.82, 2.24) is 24.6 Å². The normalized spacial score (nSPS) is 19.1. The molecule has 37 heavy (non-hydrogen) atoms. The van der Waals surface area contributed by atoms with Crippen molar-refractivity contribution in [3.63, 3.8) is 0 Å². The smallest absolute Gasteiger partial charge is 0.408 e.